The van der Waals surface area contributed by atoms with Crippen LogP contribution >= 0.6 is 12.2 Å². The van der Waals surface area contributed by atoms with E-state index in [9.17, 15) is 4.39 Å². The van der Waals surface area contributed by atoms with Crippen LogP contribution in [-0.4, -0.2) is 15.0 Å². The average Bonchev–Trinajstić information content (AvgIpc) is 2.35. The van der Waals surface area contributed by atoms with Gasteiger partial charge in [-0.15, -0.1) is 0 Å². The first kappa shape index (κ1) is 12.4. The van der Waals surface area contributed by atoms with Crippen LogP contribution in [0.15, 0.2) is 30.5 Å². The molecule has 0 saturated heterocycles. The zero-order chi connectivity index (χ0) is 13.1. The molecule has 2 rings (SSSR count). The molecule has 0 fully saturated rings. The third kappa shape index (κ3) is 2.60. The van der Waals surface area contributed by atoms with Crippen molar-refractivity contribution in [2.24, 2.45) is 5.73 Å². The average molecular weight is 262 g/mol. The van der Waals surface area contributed by atoms with E-state index in [1.807, 2.05) is 0 Å². The van der Waals surface area contributed by atoms with Crippen molar-refractivity contribution in [3.05, 3.63) is 47.5 Å². The van der Waals surface area contributed by atoms with Gasteiger partial charge in [0.05, 0.1) is 0 Å². The predicted octanol–water partition coefficient (Wildman–Crippen LogP) is 2.30. The molecular formula is C12H11FN4S. The number of nitrogens with zero attached hydrogens (tertiary/aromatic N) is 2. The molecule has 3 N–H and O–H groups in total. The number of hydrogen-bond donors (Lipinski definition) is 2. The SMILES string of the molecule is Cc1c(F)cccc1Nc1nccc(C(N)=S)n1. The summed E-state index contributed by atoms with van der Waals surface area (Å²) in [6, 6.07) is 6.37. The molecular weight excluding hydrogens is 251 g/mol. The standard InChI is InChI=1S/C12H11FN4S/c1-7-8(13)3-2-4-9(7)16-12-15-6-5-10(17-12)11(14)18/h2-6H,1H3,(H2,14,18)(H,15,16,17). The molecule has 0 radical (unpaired) electrons. The van der Waals surface area contributed by atoms with Crippen LogP contribution in [0.3, 0.4) is 0 Å². The van der Waals surface area contributed by atoms with Gasteiger partial charge in [-0.05, 0) is 25.1 Å². The quantitative estimate of drug-likeness (QED) is 0.831. The summed E-state index contributed by atoms with van der Waals surface area (Å²) in [6.45, 7) is 1.68. The fraction of sp³-hybridized carbons (Fsp3) is 0.0833. The molecule has 0 amide bonds. The van der Waals surface area contributed by atoms with Gasteiger partial charge in [0.15, 0.2) is 0 Å². The molecule has 0 aliphatic rings. The third-order valence-electron chi connectivity index (χ3n) is 2.42. The fourth-order valence-corrected chi connectivity index (χ4v) is 1.53. The summed E-state index contributed by atoms with van der Waals surface area (Å²) in [5.74, 6) is 0.0412. The van der Waals surface area contributed by atoms with Gasteiger partial charge >= 0.3 is 0 Å². The largest absolute Gasteiger partial charge is 0.388 e. The van der Waals surface area contributed by atoms with E-state index in [-0.39, 0.29) is 10.8 Å². The lowest BCUT2D eigenvalue weighted by Gasteiger charge is -2.09. The summed E-state index contributed by atoms with van der Waals surface area (Å²) in [4.78, 5) is 8.35. The Bertz CT molecular complexity index is 600. The Labute approximate surface area is 109 Å². The Kier molecular flexibility index (Phi) is 3.47. The van der Waals surface area contributed by atoms with E-state index >= 15 is 0 Å². The van der Waals surface area contributed by atoms with Gasteiger partial charge in [0.2, 0.25) is 5.95 Å². The van der Waals surface area contributed by atoms with Crippen molar-refractivity contribution in [1.29, 1.82) is 0 Å². The molecule has 1 heterocycles. The van der Waals surface area contributed by atoms with Gasteiger partial charge < -0.3 is 11.1 Å². The fourth-order valence-electron chi connectivity index (χ4n) is 1.42. The monoisotopic (exact) mass is 262 g/mol. The highest BCUT2D eigenvalue weighted by Gasteiger charge is 2.06. The molecule has 6 heteroatoms. The zero-order valence-corrected chi connectivity index (χ0v) is 10.5. The highest BCUT2D eigenvalue weighted by molar-refractivity contribution is 7.80. The predicted molar refractivity (Wildman–Crippen MR) is 72.3 cm³/mol. The zero-order valence-electron chi connectivity index (χ0n) is 9.64. The number of anilines is 2. The Morgan fingerprint density at radius 3 is 2.89 bits per heavy atom. The number of halogens is 1. The van der Waals surface area contributed by atoms with Crippen LogP contribution in [0, 0.1) is 12.7 Å². The summed E-state index contributed by atoms with van der Waals surface area (Å²) >= 11 is 4.83. The van der Waals surface area contributed by atoms with Crippen LogP contribution in [0.4, 0.5) is 16.0 Å². The summed E-state index contributed by atoms with van der Waals surface area (Å²) < 4.78 is 13.4. The van der Waals surface area contributed by atoms with Crippen molar-refractivity contribution in [2.45, 2.75) is 6.92 Å². The normalized spacial score (nSPS) is 10.1. The second-order valence-electron chi connectivity index (χ2n) is 3.67. The first-order valence-corrected chi connectivity index (χ1v) is 5.64. The summed E-state index contributed by atoms with van der Waals surface area (Å²) in [5.41, 5.74) is 7.06. The maximum absolute atomic E-state index is 13.4. The number of aromatic nitrogens is 2. The molecule has 0 spiro atoms. The molecule has 0 bridgehead atoms. The Morgan fingerprint density at radius 2 is 2.17 bits per heavy atom. The molecule has 4 nitrogen and oxygen atoms in total. The second-order valence-corrected chi connectivity index (χ2v) is 4.11. The lowest BCUT2D eigenvalue weighted by atomic mass is 10.2. The van der Waals surface area contributed by atoms with Gasteiger partial charge in [-0.2, -0.15) is 0 Å². The number of nitrogens with two attached hydrogens (primary N) is 1. The Morgan fingerprint density at radius 1 is 1.39 bits per heavy atom. The van der Waals surface area contributed by atoms with Crippen molar-refractivity contribution >= 4 is 28.8 Å². The number of nitrogens with one attached hydrogen (secondary N) is 1. The number of benzene rings is 1. The second kappa shape index (κ2) is 5.05. The lowest BCUT2D eigenvalue weighted by molar-refractivity contribution is 0.619. The van der Waals surface area contributed by atoms with E-state index in [1.54, 1.807) is 31.3 Å². The molecule has 2 aromatic rings. The number of hydrogen-bond acceptors (Lipinski definition) is 4. The van der Waals surface area contributed by atoms with Crippen molar-refractivity contribution in [1.82, 2.24) is 9.97 Å². The van der Waals surface area contributed by atoms with E-state index in [0.29, 0.717) is 22.9 Å². The van der Waals surface area contributed by atoms with Crippen molar-refractivity contribution in [3.63, 3.8) is 0 Å². The molecule has 1 aromatic heterocycles. The lowest BCUT2D eigenvalue weighted by Crippen LogP contribution is -2.13. The van der Waals surface area contributed by atoms with Gasteiger partial charge in [-0.3, -0.25) is 0 Å². The van der Waals surface area contributed by atoms with Crippen molar-refractivity contribution < 1.29 is 4.39 Å². The molecule has 92 valence electrons. The molecule has 0 aliphatic carbocycles. The molecule has 18 heavy (non-hydrogen) atoms. The smallest absolute Gasteiger partial charge is 0.227 e. The third-order valence-corrected chi connectivity index (χ3v) is 2.63. The minimum atomic E-state index is -0.287. The van der Waals surface area contributed by atoms with E-state index in [2.05, 4.69) is 15.3 Å². The first-order valence-electron chi connectivity index (χ1n) is 5.23. The van der Waals surface area contributed by atoms with Gasteiger partial charge in [0.1, 0.15) is 16.5 Å². The van der Waals surface area contributed by atoms with Crippen molar-refractivity contribution in [2.75, 3.05) is 5.32 Å². The minimum absolute atomic E-state index is 0.191. The van der Waals surface area contributed by atoms with E-state index in [1.165, 1.54) is 6.07 Å². The minimum Gasteiger partial charge on any atom is -0.388 e. The summed E-state index contributed by atoms with van der Waals surface area (Å²) in [5, 5.41) is 2.93. The van der Waals surface area contributed by atoms with Crippen LogP contribution < -0.4 is 11.1 Å². The first-order chi connectivity index (χ1) is 8.58. The van der Waals surface area contributed by atoms with Crippen LogP contribution in [0.1, 0.15) is 11.3 Å². The highest BCUT2D eigenvalue weighted by Crippen LogP contribution is 2.20. The Hall–Kier alpha value is -2.08. The number of rotatable bonds is 3. The topological polar surface area (TPSA) is 63.8 Å². The van der Waals surface area contributed by atoms with Crippen LogP contribution in [0.25, 0.3) is 0 Å². The van der Waals surface area contributed by atoms with Gasteiger partial charge in [-0.1, -0.05) is 18.3 Å². The van der Waals surface area contributed by atoms with E-state index in [4.69, 9.17) is 18.0 Å². The molecule has 0 aliphatic heterocycles. The molecule has 0 atom stereocenters. The van der Waals surface area contributed by atoms with Crippen molar-refractivity contribution in [3.8, 4) is 0 Å². The van der Waals surface area contributed by atoms with Gasteiger partial charge in [0.25, 0.3) is 0 Å². The maximum atomic E-state index is 13.4. The molecule has 1 aromatic carbocycles. The van der Waals surface area contributed by atoms with Crippen LogP contribution in [0.2, 0.25) is 0 Å². The van der Waals surface area contributed by atoms with Gasteiger partial charge in [0, 0.05) is 17.4 Å². The summed E-state index contributed by atoms with van der Waals surface area (Å²) in [7, 11) is 0. The van der Waals surface area contributed by atoms with Crippen LogP contribution in [0.5, 0.6) is 0 Å². The number of thiocarbonyl (C=S) groups is 1. The molecule has 0 saturated carbocycles. The van der Waals surface area contributed by atoms with E-state index in [0.717, 1.165) is 0 Å². The Balaban J connectivity index is 2.31. The maximum Gasteiger partial charge on any atom is 0.227 e. The van der Waals surface area contributed by atoms with Gasteiger partial charge in [-0.25, -0.2) is 14.4 Å². The summed E-state index contributed by atoms with van der Waals surface area (Å²) in [6.07, 6.45) is 1.54. The van der Waals surface area contributed by atoms with Crippen LogP contribution in [-0.2, 0) is 0 Å². The molecule has 0 unspecified atom stereocenters. The van der Waals surface area contributed by atoms with E-state index < -0.39 is 0 Å². The highest BCUT2D eigenvalue weighted by atomic mass is 32.1.